The summed E-state index contributed by atoms with van der Waals surface area (Å²) in [6.07, 6.45) is 11.0. The van der Waals surface area contributed by atoms with E-state index < -0.39 is 0 Å². The van der Waals surface area contributed by atoms with Crippen molar-refractivity contribution in [3.8, 4) is 0 Å². The normalized spacial score (nSPS) is 25.6. The third-order valence-electron chi connectivity index (χ3n) is 4.72. The van der Waals surface area contributed by atoms with E-state index in [4.69, 9.17) is 4.74 Å². The van der Waals surface area contributed by atoms with E-state index in [1.807, 2.05) is 11.8 Å². The van der Waals surface area contributed by atoms with Gasteiger partial charge in [0.05, 0.1) is 5.60 Å². The van der Waals surface area contributed by atoms with Gasteiger partial charge in [-0.25, -0.2) is 0 Å². The zero-order valence-corrected chi connectivity index (χ0v) is 13.2. The van der Waals surface area contributed by atoms with Crippen LogP contribution in [0.4, 0.5) is 5.69 Å². The van der Waals surface area contributed by atoms with E-state index in [0.717, 1.165) is 13.0 Å². The smallest absolute Gasteiger partial charge is 0.0702 e. The van der Waals surface area contributed by atoms with Gasteiger partial charge in [0.15, 0.2) is 0 Å². The fourth-order valence-corrected chi connectivity index (χ4v) is 4.24. The van der Waals surface area contributed by atoms with Crippen molar-refractivity contribution in [2.75, 3.05) is 18.2 Å². The topological polar surface area (TPSA) is 21.3 Å². The molecule has 0 amide bonds. The van der Waals surface area contributed by atoms with E-state index >= 15 is 0 Å². The molecule has 1 aliphatic carbocycles. The number of anilines is 1. The van der Waals surface area contributed by atoms with Gasteiger partial charge in [-0.3, -0.25) is 0 Å². The Kier molecular flexibility index (Phi) is 4.57. The van der Waals surface area contributed by atoms with Gasteiger partial charge in [-0.05, 0) is 44.1 Å². The van der Waals surface area contributed by atoms with Crippen LogP contribution in [-0.4, -0.2) is 24.5 Å². The average Bonchev–Trinajstić information content (AvgIpc) is 2.49. The number of nitrogens with one attached hydrogen (secondary N) is 1. The van der Waals surface area contributed by atoms with E-state index in [9.17, 15) is 0 Å². The van der Waals surface area contributed by atoms with E-state index in [-0.39, 0.29) is 5.60 Å². The molecule has 2 fully saturated rings. The maximum absolute atomic E-state index is 6.19. The second kappa shape index (κ2) is 6.40. The quantitative estimate of drug-likeness (QED) is 0.815. The third-order valence-corrected chi connectivity index (χ3v) is 5.52. The highest BCUT2D eigenvalue weighted by atomic mass is 32.2. The zero-order chi connectivity index (χ0) is 13.8. The molecule has 1 saturated heterocycles. The fourth-order valence-electron chi connectivity index (χ4n) is 3.68. The van der Waals surface area contributed by atoms with Crippen LogP contribution >= 0.6 is 11.8 Å². The van der Waals surface area contributed by atoms with Gasteiger partial charge in [0.25, 0.3) is 0 Å². The molecular weight excluding hydrogens is 266 g/mol. The van der Waals surface area contributed by atoms with E-state index in [0.29, 0.717) is 6.04 Å². The lowest BCUT2D eigenvalue weighted by molar-refractivity contribution is -0.103. The minimum atomic E-state index is 0.183. The summed E-state index contributed by atoms with van der Waals surface area (Å²) in [7, 11) is 0. The van der Waals surface area contributed by atoms with Crippen molar-refractivity contribution >= 4 is 17.4 Å². The second-order valence-corrected chi connectivity index (χ2v) is 6.97. The van der Waals surface area contributed by atoms with Gasteiger partial charge in [-0.1, -0.05) is 31.4 Å². The molecule has 0 bridgehead atoms. The average molecular weight is 291 g/mol. The molecule has 20 heavy (non-hydrogen) atoms. The highest BCUT2D eigenvalue weighted by Crippen LogP contribution is 2.39. The molecule has 2 aliphatic rings. The molecule has 110 valence electrons. The molecule has 1 N–H and O–H groups in total. The van der Waals surface area contributed by atoms with Crippen LogP contribution in [0.5, 0.6) is 0 Å². The Balaban J connectivity index is 1.68. The minimum absolute atomic E-state index is 0.183. The van der Waals surface area contributed by atoms with Crippen LogP contribution < -0.4 is 5.32 Å². The Morgan fingerprint density at radius 2 is 2.00 bits per heavy atom. The van der Waals surface area contributed by atoms with Crippen molar-refractivity contribution in [2.45, 2.75) is 61.5 Å². The molecule has 1 saturated carbocycles. The van der Waals surface area contributed by atoms with Gasteiger partial charge < -0.3 is 10.1 Å². The summed E-state index contributed by atoms with van der Waals surface area (Å²) in [5.41, 5.74) is 1.47. The van der Waals surface area contributed by atoms with Crippen molar-refractivity contribution < 1.29 is 4.74 Å². The van der Waals surface area contributed by atoms with Crippen molar-refractivity contribution in [1.82, 2.24) is 0 Å². The molecule has 0 aromatic heterocycles. The molecule has 1 spiro atoms. The van der Waals surface area contributed by atoms with Crippen LogP contribution in [-0.2, 0) is 4.74 Å². The number of ether oxygens (including phenoxy) is 1. The number of thioether (sulfide) groups is 1. The standard InChI is InChI=1S/C17H25NOS/c1-20-16-8-4-3-7-15(16)18-14-9-12-19-17(13-14)10-5-2-6-11-17/h3-4,7-8,14,18H,2,5-6,9-13H2,1H3. The summed E-state index contributed by atoms with van der Waals surface area (Å²) >= 11 is 1.82. The molecule has 1 aromatic carbocycles. The Bertz CT molecular complexity index is 437. The van der Waals surface area contributed by atoms with E-state index in [1.54, 1.807) is 0 Å². The molecule has 3 heteroatoms. The summed E-state index contributed by atoms with van der Waals surface area (Å²) in [6, 6.07) is 9.20. The van der Waals surface area contributed by atoms with Crippen LogP contribution in [0.3, 0.4) is 0 Å². The van der Waals surface area contributed by atoms with E-state index in [2.05, 4.69) is 35.8 Å². The molecule has 1 heterocycles. The van der Waals surface area contributed by atoms with Crippen molar-refractivity contribution in [3.05, 3.63) is 24.3 Å². The predicted molar refractivity (Wildman–Crippen MR) is 86.6 cm³/mol. The van der Waals surface area contributed by atoms with Gasteiger partial charge in [0.2, 0.25) is 0 Å². The highest BCUT2D eigenvalue weighted by Gasteiger charge is 2.38. The molecular formula is C17H25NOS. The number of rotatable bonds is 3. The Hall–Kier alpha value is -0.670. The number of benzene rings is 1. The first kappa shape index (κ1) is 14.3. The predicted octanol–water partition coefficient (Wildman–Crippen LogP) is 4.70. The minimum Gasteiger partial charge on any atom is -0.381 e. The highest BCUT2D eigenvalue weighted by molar-refractivity contribution is 7.98. The largest absolute Gasteiger partial charge is 0.381 e. The van der Waals surface area contributed by atoms with Crippen LogP contribution in [0, 0.1) is 0 Å². The number of hydrogen-bond acceptors (Lipinski definition) is 3. The Morgan fingerprint density at radius 3 is 2.80 bits per heavy atom. The van der Waals surface area contributed by atoms with E-state index in [1.165, 1.54) is 49.1 Å². The van der Waals surface area contributed by atoms with Crippen LogP contribution in [0.15, 0.2) is 29.2 Å². The lowest BCUT2D eigenvalue weighted by Gasteiger charge is -2.44. The van der Waals surface area contributed by atoms with Crippen molar-refractivity contribution in [1.29, 1.82) is 0 Å². The molecule has 0 radical (unpaired) electrons. The summed E-state index contributed by atoms with van der Waals surface area (Å²) in [6.45, 7) is 0.916. The van der Waals surface area contributed by atoms with Gasteiger partial charge in [-0.15, -0.1) is 11.8 Å². The van der Waals surface area contributed by atoms with Gasteiger partial charge in [-0.2, -0.15) is 0 Å². The first-order chi connectivity index (χ1) is 9.81. The summed E-state index contributed by atoms with van der Waals surface area (Å²) in [5.74, 6) is 0. The molecule has 1 unspecified atom stereocenters. The maximum atomic E-state index is 6.19. The molecule has 3 rings (SSSR count). The van der Waals surface area contributed by atoms with Crippen LogP contribution in [0.25, 0.3) is 0 Å². The monoisotopic (exact) mass is 291 g/mol. The lowest BCUT2D eigenvalue weighted by Crippen LogP contribution is -2.45. The lowest BCUT2D eigenvalue weighted by atomic mass is 9.78. The SMILES string of the molecule is CSc1ccccc1NC1CCOC2(CCCCC2)C1. The van der Waals surface area contributed by atoms with Gasteiger partial charge >= 0.3 is 0 Å². The van der Waals surface area contributed by atoms with Crippen molar-refractivity contribution in [2.24, 2.45) is 0 Å². The maximum Gasteiger partial charge on any atom is 0.0702 e. The molecule has 1 atom stereocenters. The number of para-hydroxylation sites is 1. The number of hydrogen-bond donors (Lipinski definition) is 1. The summed E-state index contributed by atoms with van der Waals surface area (Å²) in [5, 5.41) is 3.77. The Labute approximate surface area is 126 Å². The zero-order valence-electron chi connectivity index (χ0n) is 12.4. The van der Waals surface area contributed by atoms with Crippen molar-refractivity contribution in [3.63, 3.8) is 0 Å². The molecule has 1 aliphatic heterocycles. The van der Waals surface area contributed by atoms with Gasteiger partial charge in [0.1, 0.15) is 0 Å². The molecule has 1 aromatic rings. The Morgan fingerprint density at radius 1 is 1.20 bits per heavy atom. The summed E-state index contributed by atoms with van der Waals surface area (Å²) < 4.78 is 6.19. The first-order valence-electron chi connectivity index (χ1n) is 7.85. The first-order valence-corrected chi connectivity index (χ1v) is 9.07. The molecule has 2 nitrogen and oxygen atoms in total. The second-order valence-electron chi connectivity index (χ2n) is 6.13. The fraction of sp³-hybridized carbons (Fsp3) is 0.647. The summed E-state index contributed by atoms with van der Waals surface area (Å²) in [4.78, 5) is 1.34. The van der Waals surface area contributed by atoms with Crippen LogP contribution in [0.2, 0.25) is 0 Å². The van der Waals surface area contributed by atoms with Crippen LogP contribution in [0.1, 0.15) is 44.9 Å². The third kappa shape index (κ3) is 3.15. The van der Waals surface area contributed by atoms with Gasteiger partial charge in [0, 0.05) is 23.2 Å².